The van der Waals surface area contributed by atoms with Crippen LogP contribution >= 0.6 is 22.6 Å². The van der Waals surface area contributed by atoms with Gasteiger partial charge in [0.1, 0.15) is 5.69 Å². The van der Waals surface area contributed by atoms with Crippen LogP contribution in [0.2, 0.25) is 0 Å². The minimum Gasteiger partial charge on any atom is -0.269 e. The molecule has 1 aromatic carbocycles. The molecule has 0 spiro atoms. The van der Waals surface area contributed by atoms with Gasteiger partial charge >= 0.3 is 0 Å². The van der Waals surface area contributed by atoms with E-state index in [0.29, 0.717) is 0 Å². The van der Waals surface area contributed by atoms with Crippen molar-refractivity contribution in [1.29, 1.82) is 0 Å². The van der Waals surface area contributed by atoms with E-state index in [9.17, 15) is 0 Å². The third-order valence-corrected chi connectivity index (χ3v) is 4.63. The molecule has 0 radical (unpaired) electrons. The number of pyridine rings is 1. The van der Waals surface area contributed by atoms with E-state index < -0.39 is 0 Å². The van der Waals surface area contributed by atoms with E-state index in [1.165, 1.54) is 9.14 Å². The Morgan fingerprint density at radius 1 is 1.00 bits per heavy atom. The molecular formula is C19H15IN4. The molecule has 5 heteroatoms. The number of rotatable bonds is 3. The molecule has 0 aliphatic carbocycles. The van der Waals surface area contributed by atoms with Crippen LogP contribution < -0.4 is 0 Å². The van der Waals surface area contributed by atoms with Gasteiger partial charge < -0.3 is 0 Å². The summed E-state index contributed by atoms with van der Waals surface area (Å²) in [7, 11) is 0. The topological polar surface area (TPSA) is 43.1 Å². The number of halogens is 1. The molecule has 0 fully saturated rings. The average Bonchev–Trinajstić information content (AvgIpc) is 3.09. The molecule has 1 aliphatic rings. The second-order valence-corrected chi connectivity index (χ2v) is 6.79. The van der Waals surface area contributed by atoms with Gasteiger partial charge in [-0.25, -0.2) is 4.68 Å². The lowest BCUT2D eigenvalue weighted by Crippen LogP contribution is -2.03. The lowest BCUT2D eigenvalue weighted by molar-refractivity contribution is 0.859. The largest absolute Gasteiger partial charge is 0.269 e. The highest BCUT2D eigenvalue weighted by Crippen LogP contribution is 2.28. The summed E-state index contributed by atoms with van der Waals surface area (Å²) >= 11 is 2.31. The minimum absolute atomic E-state index is 0.875. The lowest BCUT2D eigenvalue weighted by Gasteiger charge is -2.11. The van der Waals surface area contributed by atoms with Crippen LogP contribution in [-0.2, 0) is 0 Å². The second-order valence-electron chi connectivity index (χ2n) is 5.54. The van der Waals surface area contributed by atoms with Crippen molar-refractivity contribution in [3.8, 4) is 17.1 Å². The molecule has 2 aromatic heterocycles. The fourth-order valence-electron chi connectivity index (χ4n) is 2.72. The molecule has 0 atom stereocenters. The minimum atomic E-state index is 0.875. The molecule has 0 unspecified atom stereocenters. The van der Waals surface area contributed by atoms with Crippen molar-refractivity contribution >= 4 is 34.4 Å². The zero-order valence-corrected chi connectivity index (χ0v) is 15.1. The molecule has 0 saturated carbocycles. The SMILES string of the molecule is Ic1ccc(-n2nc(-c3ccccn3)cc2C2=CN=CCC2)cc1. The van der Waals surface area contributed by atoms with E-state index in [2.05, 4.69) is 62.9 Å². The highest BCUT2D eigenvalue weighted by molar-refractivity contribution is 14.1. The van der Waals surface area contributed by atoms with E-state index in [4.69, 9.17) is 5.10 Å². The summed E-state index contributed by atoms with van der Waals surface area (Å²) in [6, 6.07) is 16.4. The first-order valence-electron chi connectivity index (χ1n) is 7.80. The van der Waals surface area contributed by atoms with E-state index in [1.54, 1.807) is 6.20 Å². The smallest absolute Gasteiger partial charge is 0.112 e. The van der Waals surface area contributed by atoms with Crippen molar-refractivity contribution < 1.29 is 0 Å². The molecule has 4 nitrogen and oxygen atoms in total. The Morgan fingerprint density at radius 2 is 1.88 bits per heavy atom. The standard InChI is InChI=1S/C19H15IN4/c20-15-6-8-16(9-7-15)24-19(14-4-3-10-21-13-14)12-18(23-24)17-5-1-2-11-22-17/h1-2,5-13H,3-4H2. The number of hydrogen-bond acceptors (Lipinski definition) is 3. The van der Waals surface area contributed by atoms with Gasteiger partial charge in [-0.05, 0) is 83.5 Å². The molecule has 0 amide bonds. The molecule has 3 aromatic rings. The Labute approximate surface area is 154 Å². The Hall–Kier alpha value is -2.28. The first-order chi connectivity index (χ1) is 11.8. The zero-order valence-electron chi connectivity index (χ0n) is 12.9. The fraction of sp³-hybridized carbons (Fsp3) is 0.105. The Kier molecular flexibility index (Phi) is 4.25. The number of allylic oxidation sites excluding steroid dienone is 1. The number of benzene rings is 1. The molecular weight excluding hydrogens is 411 g/mol. The van der Waals surface area contributed by atoms with Gasteiger partial charge in [0.05, 0.1) is 17.1 Å². The van der Waals surface area contributed by atoms with E-state index in [-0.39, 0.29) is 0 Å². The van der Waals surface area contributed by atoms with Crippen LogP contribution in [0.3, 0.4) is 0 Å². The Morgan fingerprint density at radius 3 is 2.58 bits per heavy atom. The summed E-state index contributed by atoms with van der Waals surface area (Å²) in [5.41, 5.74) is 5.07. The van der Waals surface area contributed by atoms with E-state index >= 15 is 0 Å². The monoisotopic (exact) mass is 426 g/mol. The van der Waals surface area contributed by atoms with Gasteiger partial charge in [-0.2, -0.15) is 5.10 Å². The van der Waals surface area contributed by atoms with Crippen molar-refractivity contribution in [3.63, 3.8) is 0 Å². The summed E-state index contributed by atoms with van der Waals surface area (Å²) in [5, 5.41) is 4.81. The maximum absolute atomic E-state index is 4.81. The Balaban J connectivity index is 1.87. The number of aromatic nitrogens is 3. The summed E-state index contributed by atoms with van der Waals surface area (Å²) in [6.45, 7) is 0. The molecule has 0 bridgehead atoms. The summed E-state index contributed by atoms with van der Waals surface area (Å²) in [6.07, 6.45) is 7.62. The zero-order chi connectivity index (χ0) is 16.4. The predicted molar refractivity (Wildman–Crippen MR) is 105 cm³/mol. The molecule has 1 aliphatic heterocycles. The van der Waals surface area contributed by atoms with Crippen LogP contribution in [0.25, 0.3) is 22.6 Å². The van der Waals surface area contributed by atoms with Crippen molar-refractivity contribution in [2.75, 3.05) is 0 Å². The summed E-state index contributed by atoms with van der Waals surface area (Å²) in [5.74, 6) is 0. The van der Waals surface area contributed by atoms with Crippen LogP contribution in [0.5, 0.6) is 0 Å². The van der Waals surface area contributed by atoms with Crippen LogP contribution in [0.4, 0.5) is 0 Å². The lowest BCUT2D eigenvalue weighted by atomic mass is 10.1. The first-order valence-corrected chi connectivity index (χ1v) is 8.87. The molecule has 118 valence electrons. The maximum Gasteiger partial charge on any atom is 0.112 e. The third kappa shape index (κ3) is 3.03. The van der Waals surface area contributed by atoms with Gasteiger partial charge in [0.25, 0.3) is 0 Å². The fourth-order valence-corrected chi connectivity index (χ4v) is 3.08. The second kappa shape index (κ2) is 6.68. The van der Waals surface area contributed by atoms with Crippen molar-refractivity contribution in [2.24, 2.45) is 4.99 Å². The highest BCUT2D eigenvalue weighted by atomic mass is 127. The summed E-state index contributed by atoms with van der Waals surface area (Å²) in [4.78, 5) is 8.75. The van der Waals surface area contributed by atoms with Gasteiger partial charge in [0.2, 0.25) is 0 Å². The number of aliphatic imine (C=N–C) groups is 1. The predicted octanol–water partition coefficient (Wildman–Crippen LogP) is 4.74. The highest BCUT2D eigenvalue weighted by Gasteiger charge is 2.16. The Bertz CT molecular complexity index is 908. The van der Waals surface area contributed by atoms with E-state index in [0.717, 1.165) is 35.6 Å². The molecule has 24 heavy (non-hydrogen) atoms. The van der Waals surface area contributed by atoms with Gasteiger partial charge in [0.15, 0.2) is 0 Å². The average molecular weight is 426 g/mol. The maximum atomic E-state index is 4.81. The quantitative estimate of drug-likeness (QED) is 0.568. The van der Waals surface area contributed by atoms with Crippen LogP contribution in [-0.4, -0.2) is 21.0 Å². The summed E-state index contributed by atoms with van der Waals surface area (Å²) < 4.78 is 3.20. The van der Waals surface area contributed by atoms with Crippen molar-refractivity contribution in [2.45, 2.75) is 12.8 Å². The van der Waals surface area contributed by atoms with Gasteiger partial charge in [-0.3, -0.25) is 9.98 Å². The molecule has 0 N–H and O–H groups in total. The third-order valence-electron chi connectivity index (χ3n) is 3.92. The van der Waals surface area contributed by atoms with Crippen LogP contribution in [0.15, 0.2) is 65.9 Å². The normalized spacial score (nSPS) is 13.8. The van der Waals surface area contributed by atoms with Crippen molar-refractivity contribution in [1.82, 2.24) is 14.8 Å². The number of hydrogen-bond donors (Lipinski definition) is 0. The molecule has 0 saturated heterocycles. The van der Waals surface area contributed by atoms with Crippen LogP contribution in [0.1, 0.15) is 18.5 Å². The number of nitrogens with zero attached hydrogens (tertiary/aromatic N) is 4. The van der Waals surface area contributed by atoms with Crippen LogP contribution in [0, 0.1) is 3.57 Å². The molecule has 4 rings (SSSR count). The van der Waals surface area contributed by atoms with Gasteiger partial charge in [-0.15, -0.1) is 0 Å². The first kappa shape index (κ1) is 15.3. The van der Waals surface area contributed by atoms with Crippen molar-refractivity contribution in [3.05, 3.63) is 70.2 Å². The van der Waals surface area contributed by atoms with E-state index in [1.807, 2.05) is 35.3 Å². The molecule has 3 heterocycles. The van der Waals surface area contributed by atoms with Gasteiger partial charge in [-0.1, -0.05) is 6.07 Å². The van der Waals surface area contributed by atoms with Gasteiger partial charge in [0, 0.05) is 22.2 Å².